The first-order valence-electron chi connectivity index (χ1n) is 7.40. The highest BCUT2D eigenvalue weighted by atomic mass is 16.6. The van der Waals surface area contributed by atoms with Gasteiger partial charge < -0.3 is 19.3 Å². The Balaban J connectivity index is 1.95. The predicted molar refractivity (Wildman–Crippen MR) is 82.8 cm³/mol. The Morgan fingerprint density at radius 3 is 2.58 bits per heavy atom. The van der Waals surface area contributed by atoms with Gasteiger partial charge in [-0.05, 0) is 12.5 Å². The van der Waals surface area contributed by atoms with Crippen LogP contribution in [0, 0.1) is 6.92 Å². The zero-order chi connectivity index (χ0) is 17.5. The zero-order valence-corrected chi connectivity index (χ0v) is 13.7. The Morgan fingerprint density at radius 1 is 1.29 bits per heavy atom. The molecule has 0 spiro atoms. The molecule has 1 amide bonds. The predicted octanol–water partition coefficient (Wildman–Crippen LogP) is 2.30. The number of nitrogens with zero attached hydrogens (tertiary/aromatic N) is 2. The highest BCUT2D eigenvalue weighted by Gasteiger charge is 2.28. The number of esters is 1. The lowest BCUT2D eigenvalue weighted by Crippen LogP contribution is -2.39. The summed E-state index contributed by atoms with van der Waals surface area (Å²) < 4.78 is 15.2. The number of aromatic nitrogens is 2. The molecule has 0 fully saturated rings. The first kappa shape index (κ1) is 17.5. The van der Waals surface area contributed by atoms with Crippen molar-refractivity contribution in [2.45, 2.75) is 39.5 Å². The lowest BCUT2D eigenvalue weighted by atomic mass is 10.2. The Morgan fingerprint density at radius 2 is 2.00 bits per heavy atom. The van der Waals surface area contributed by atoms with E-state index in [0.29, 0.717) is 5.89 Å². The minimum Gasteiger partial charge on any atom is -0.452 e. The van der Waals surface area contributed by atoms with Crippen molar-refractivity contribution in [3.05, 3.63) is 47.6 Å². The van der Waals surface area contributed by atoms with Crippen LogP contribution in [0.5, 0.6) is 0 Å². The van der Waals surface area contributed by atoms with Crippen LogP contribution < -0.4 is 5.32 Å². The molecule has 8 heteroatoms. The van der Waals surface area contributed by atoms with Gasteiger partial charge in [0.25, 0.3) is 0 Å². The van der Waals surface area contributed by atoms with E-state index in [0.717, 1.165) is 5.56 Å². The van der Waals surface area contributed by atoms with Crippen LogP contribution in [0.15, 0.2) is 34.9 Å². The van der Waals surface area contributed by atoms with E-state index < -0.39 is 24.2 Å². The van der Waals surface area contributed by atoms with Crippen molar-refractivity contribution in [2.24, 2.45) is 0 Å². The molecular weight excluding hydrogens is 314 g/mol. The molecule has 1 N–H and O–H groups in total. The first-order chi connectivity index (χ1) is 11.5. The largest absolute Gasteiger partial charge is 0.452 e. The SMILES string of the molecule is CC(=O)OC(c1noc(C)n1)[C@H](C)NC(=O)OCc1ccccc1. The highest BCUT2D eigenvalue weighted by molar-refractivity contribution is 5.68. The Hall–Kier alpha value is -2.90. The molecule has 2 aromatic rings. The Kier molecular flexibility index (Phi) is 5.89. The van der Waals surface area contributed by atoms with Crippen molar-refractivity contribution in [3.8, 4) is 0 Å². The Bertz CT molecular complexity index is 686. The molecule has 24 heavy (non-hydrogen) atoms. The van der Waals surface area contributed by atoms with Gasteiger partial charge in [0.15, 0.2) is 6.10 Å². The van der Waals surface area contributed by atoms with E-state index in [-0.39, 0.29) is 12.4 Å². The number of aryl methyl sites for hydroxylation is 1. The second-order valence-electron chi connectivity index (χ2n) is 5.20. The molecule has 8 nitrogen and oxygen atoms in total. The molecule has 2 atom stereocenters. The van der Waals surface area contributed by atoms with Gasteiger partial charge in [0.2, 0.25) is 11.7 Å². The molecular formula is C16H19N3O5. The van der Waals surface area contributed by atoms with Crippen LogP contribution in [0.3, 0.4) is 0 Å². The lowest BCUT2D eigenvalue weighted by Gasteiger charge is -2.21. The van der Waals surface area contributed by atoms with E-state index in [1.54, 1.807) is 13.8 Å². The van der Waals surface area contributed by atoms with Gasteiger partial charge in [0.1, 0.15) is 6.61 Å². The molecule has 0 radical (unpaired) electrons. The number of rotatable bonds is 6. The monoisotopic (exact) mass is 333 g/mol. The van der Waals surface area contributed by atoms with Crippen molar-refractivity contribution >= 4 is 12.1 Å². The molecule has 0 saturated carbocycles. The molecule has 2 rings (SSSR count). The maximum Gasteiger partial charge on any atom is 0.407 e. The van der Waals surface area contributed by atoms with E-state index >= 15 is 0 Å². The normalized spacial score (nSPS) is 13.0. The van der Waals surface area contributed by atoms with Crippen LogP contribution >= 0.6 is 0 Å². The molecule has 1 aromatic carbocycles. The summed E-state index contributed by atoms with van der Waals surface area (Å²) >= 11 is 0. The molecule has 1 aromatic heterocycles. The lowest BCUT2D eigenvalue weighted by molar-refractivity contribution is -0.148. The molecule has 128 valence electrons. The summed E-state index contributed by atoms with van der Waals surface area (Å²) in [5.41, 5.74) is 0.866. The number of hydrogen-bond acceptors (Lipinski definition) is 7. The van der Waals surface area contributed by atoms with Crippen molar-refractivity contribution < 1.29 is 23.6 Å². The van der Waals surface area contributed by atoms with E-state index in [4.69, 9.17) is 14.0 Å². The number of alkyl carbamates (subject to hydrolysis) is 1. The number of amides is 1. The summed E-state index contributed by atoms with van der Waals surface area (Å²) in [6.07, 6.45) is -1.51. The van der Waals surface area contributed by atoms with Crippen molar-refractivity contribution in [1.29, 1.82) is 0 Å². The summed E-state index contributed by atoms with van der Waals surface area (Å²) in [5, 5.41) is 6.34. The number of hydrogen-bond donors (Lipinski definition) is 1. The van der Waals surface area contributed by atoms with Gasteiger partial charge in [-0.25, -0.2) is 4.79 Å². The fourth-order valence-corrected chi connectivity index (χ4v) is 2.01. The fourth-order valence-electron chi connectivity index (χ4n) is 2.01. The number of carbonyl (C=O) groups is 2. The summed E-state index contributed by atoms with van der Waals surface area (Å²) in [7, 11) is 0. The van der Waals surface area contributed by atoms with E-state index in [2.05, 4.69) is 15.5 Å². The van der Waals surface area contributed by atoms with Gasteiger partial charge in [0.05, 0.1) is 6.04 Å². The molecule has 0 saturated heterocycles. The summed E-state index contributed by atoms with van der Waals surface area (Å²) in [6, 6.07) is 8.68. The van der Waals surface area contributed by atoms with Gasteiger partial charge in [-0.2, -0.15) is 4.98 Å². The van der Waals surface area contributed by atoms with Crippen LogP contribution in [-0.4, -0.2) is 28.2 Å². The van der Waals surface area contributed by atoms with Crippen LogP contribution in [0.1, 0.15) is 37.2 Å². The van der Waals surface area contributed by atoms with Gasteiger partial charge in [-0.3, -0.25) is 4.79 Å². The average Bonchev–Trinajstić information content (AvgIpc) is 2.97. The topological polar surface area (TPSA) is 104 Å². The van der Waals surface area contributed by atoms with Crippen LogP contribution in [-0.2, 0) is 20.9 Å². The third kappa shape index (κ3) is 5.08. The Labute approximate surface area is 139 Å². The van der Waals surface area contributed by atoms with Gasteiger partial charge in [0, 0.05) is 13.8 Å². The third-order valence-corrected chi connectivity index (χ3v) is 3.10. The van der Waals surface area contributed by atoms with Gasteiger partial charge >= 0.3 is 12.1 Å². The number of nitrogens with one attached hydrogen (secondary N) is 1. The van der Waals surface area contributed by atoms with Gasteiger partial charge in [-0.15, -0.1) is 0 Å². The van der Waals surface area contributed by atoms with Crippen LogP contribution in [0.2, 0.25) is 0 Å². The minimum atomic E-state index is -0.871. The second-order valence-corrected chi connectivity index (χ2v) is 5.20. The molecule has 1 unspecified atom stereocenters. The highest BCUT2D eigenvalue weighted by Crippen LogP contribution is 2.19. The molecule has 1 heterocycles. The third-order valence-electron chi connectivity index (χ3n) is 3.10. The molecule has 0 aliphatic carbocycles. The standard InChI is InChI=1S/C16H19N3O5/c1-10(14(23-12(3)20)15-18-11(2)24-19-15)17-16(21)22-9-13-7-5-4-6-8-13/h4-8,10,14H,9H2,1-3H3,(H,17,21)/t10-,14?/m0/s1. The van der Waals surface area contributed by atoms with E-state index in [1.807, 2.05) is 30.3 Å². The quantitative estimate of drug-likeness (QED) is 0.809. The molecule has 0 bridgehead atoms. The first-order valence-corrected chi connectivity index (χ1v) is 7.40. The number of benzene rings is 1. The zero-order valence-electron chi connectivity index (χ0n) is 13.7. The maximum atomic E-state index is 11.9. The summed E-state index contributed by atoms with van der Waals surface area (Å²) in [6.45, 7) is 4.68. The van der Waals surface area contributed by atoms with Crippen molar-refractivity contribution in [1.82, 2.24) is 15.5 Å². The van der Waals surface area contributed by atoms with E-state index in [1.165, 1.54) is 6.92 Å². The maximum absolute atomic E-state index is 11.9. The molecule has 0 aliphatic rings. The fraction of sp³-hybridized carbons (Fsp3) is 0.375. The van der Waals surface area contributed by atoms with Crippen molar-refractivity contribution in [2.75, 3.05) is 0 Å². The second kappa shape index (κ2) is 8.09. The van der Waals surface area contributed by atoms with Gasteiger partial charge in [-0.1, -0.05) is 35.5 Å². The number of carbonyl (C=O) groups excluding carboxylic acids is 2. The van der Waals surface area contributed by atoms with Crippen LogP contribution in [0.4, 0.5) is 4.79 Å². The van der Waals surface area contributed by atoms with Crippen LogP contribution in [0.25, 0.3) is 0 Å². The minimum absolute atomic E-state index is 0.138. The number of ether oxygens (including phenoxy) is 2. The van der Waals surface area contributed by atoms with Crippen molar-refractivity contribution in [3.63, 3.8) is 0 Å². The van der Waals surface area contributed by atoms with E-state index in [9.17, 15) is 9.59 Å². The molecule has 0 aliphatic heterocycles. The summed E-state index contributed by atoms with van der Waals surface area (Å²) in [4.78, 5) is 27.2. The summed E-state index contributed by atoms with van der Waals surface area (Å²) in [5.74, 6) is -0.00618. The average molecular weight is 333 g/mol. The smallest absolute Gasteiger partial charge is 0.407 e.